The van der Waals surface area contributed by atoms with Crippen molar-refractivity contribution < 1.29 is 9.47 Å². The van der Waals surface area contributed by atoms with Crippen molar-refractivity contribution in [2.24, 2.45) is 4.99 Å². The lowest BCUT2D eigenvalue weighted by atomic mass is 10.0. The summed E-state index contributed by atoms with van der Waals surface area (Å²) >= 11 is 1.73. The minimum absolute atomic E-state index is 0.247. The van der Waals surface area contributed by atoms with Crippen molar-refractivity contribution in [2.75, 3.05) is 53.6 Å². The highest BCUT2D eigenvalue weighted by molar-refractivity contribution is 7.09. The average Bonchev–Trinajstić information content (AvgIpc) is 3.21. The molecule has 2 N–H and O–H groups in total. The monoisotopic (exact) mass is 431 g/mol. The number of methoxy groups -OCH3 is 1. The maximum Gasteiger partial charge on any atom is 0.191 e. The molecule has 0 radical (unpaired) electrons. The van der Waals surface area contributed by atoms with Gasteiger partial charge in [0.1, 0.15) is 5.75 Å². The second-order valence-corrected chi connectivity index (χ2v) is 8.25. The molecule has 7 nitrogen and oxygen atoms in total. The molecule has 0 amide bonds. The van der Waals surface area contributed by atoms with E-state index in [0.717, 1.165) is 69.6 Å². The van der Waals surface area contributed by atoms with Gasteiger partial charge in [-0.05, 0) is 31.0 Å². The van der Waals surface area contributed by atoms with Crippen LogP contribution in [-0.4, -0.2) is 69.4 Å². The van der Waals surface area contributed by atoms with Gasteiger partial charge in [0.2, 0.25) is 0 Å². The van der Waals surface area contributed by atoms with Crippen LogP contribution in [-0.2, 0) is 11.2 Å². The van der Waals surface area contributed by atoms with E-state index in [1.807, 2.05) is 26.1 Å². The third-order valence-electron chi connectivity index (χ3n) is 5.20. The number of aromatic nitrogens is 1. The smallest absolute Gasteiger partial charge is 0.191 e. The Labute approximate surface area is 183 Å². The van der Waals surface area contributed by atoms with Gasteiger partial charge < -0.3 is 20.1 Å². The number of aliphatic imine (C=N–C) groups is 1. The van der Waals surface area contributed by atoms with Crippen molar-refractivity contribution in [1.82, 2.24) is 20.5 Å². The van der Waals surface area contributed by atoms with Crippen molar-refractivity contribution >= 4 is 17.3 Å². The molecule has 8 heteroatoms. The van der Waals surface area contributed by atoms with Crippen LogP contribution >= 0.6 is 11.3 Å². The first kappa shape index (κ1) is 22.5. The van der Waals surface area contributed by atoms with E-state index < -0.39 is 0 Å². The van der Waals surface area contributed by atoms with Crippen molar-refractivity contribution in [2.45, 2.75) is 25.8 Å². The maximum atomic E-state index is 5.55. The third-order valence-corrected chi connectivity index (χ3v) is 6.23. The lowest BCUT2D eigenvalue weighted by molar-refractivity contribution is 0.0170. The molecule has 1 aromatic heterocycles. The molecule has 1 fully saturated rings. The normalized spacial score (nSPS) is 16.3. The first-order chi connectivity index (χ1) is 14.7. The van der Waals surface area contributed by atoms with Crippen molar-refractivity contribution in [3.05, 3.63) is 45.9 Å². The van der Waals surface area contributed by atoms with E-state index in [1.54, 1.807) is 18.4 Å². The van der Waals surface area contributed by atoms with Crippen LogP contribution in [0, 0.1) is 6.92 Å². The van der Waals surface area contributed by atoms with Crippen LogP contribution in [0.3, 0.4) is 0 Å². The zero-order chi connectivity index (χ0) is 21.2. The van der Waals surface area contributed by atoms with Crippen LogP contribution in [0.4, 0.5) is 0 Å². The highest BCUT2D eigenvalue weighted by Gasteiger charge is 2.23. The lowest BCUT2D eigenvalue weighted by Gasteiger charge is -2.35. The molecule has 1 aromatic carbocycles. The Bertz CT molecular complexity index is 787. The molecule has 0 bridgehead atoms. The number of nitrogens with zero attached hydrogens (tertiary/aromatic N) is 3. The summed E-state index contributed by atoms with van der Waals surface area (Å²) in [4.78, 5) is 11.4. The summed E-state index contributed by atoms with van der Waals surface area (Å²) in [5, 5.41) is 10.2. The Morgan fingerprint density at radius 2 is 2.03 bits per heavy atom. The van der Waals surface area contributed by atoms with Crippen molar-refractivity contribution in [1.29, 1.82) is 0 Å². The number of aryl methyl sites for hydroxylation is 2. The molecule has 0 spiro atoms. The van der Waals surface area contributed by atoms with Crippen LogP contribution in [0.15, 0.2) is 34.6 Å². The fraction of sp³-hybridized carbons (Fsp3) is 0.545. The standard InChI is InChI=1S/C22H33N5O2S/c1-17-16-30-21(26-17)5-4-10-24-22(23-2)25-15-20(27-11-13-29-14-12-27)18-6-8-19(28-3)9-7-18/h6-9,16,20H,4-5,10-15H2,1-3H3,(H2,23,24,25). The van der Waals surface area contributed by atoms with Crippen molar-refractivity contribution in [3.63, 3.8) is 0 Å². The predicted octanol–water partition coefficient (Wildman–Crippen LogP) is 2.63. The number of hydrogen-bond donors (Lipinski definition) is 2. The highest BCUT2D eigenvalue weighted by Crippen LogP contribution is 2.23. The van der Waals surface area contributed by atoms with Crippen LogP contribution in [0.25, 0.3) is 0 Å². The van der Waals surface area contributed by atoms with E-state index in [2.05, 4.69) is 43.0 Å². The minimum atomic E-state index is 0.247. The molecule has 1 aliphatic rings. The number of nitrogens with one attached hydrogen (secondary N) is 2. The molecule has 0 saturated carbocycles. The molecule has 30 heavy (non-hydrogen) atoms. The first-order valence-corrected chi connectivity index (χ1v) is 11.4. The van der Waals surface area contributed by atoms with E-state index in [9.17, 15) is 0 Å². The predicted molar refractivity (Wildman–Crippen MR) is 123 cm³/mol. The van der Waals surface area contributed by atoms with E-state index in [1.165, 1.54) is 10.6 Å². The molecule has 1 aliphatic heterocycles. The van der Waals surface area contributed by atoms with E-state index in [0.29, 0.717) is 0 Å². The van der Waals surface area contributed by atoms with Gasteiger partial charge in [0, 0.05) is 50.7 Å². The second-order valence-electron chi connectivity index (χ2n) is 7.30. The Morgan fingerprint density at radius 1 is 1.27 bits per heavy atom. The van der Waals surface area contributed by atoms with Gasteiger partial charge in [0.15, 0.2) is 5.96 Å². The van der Waals surface area contributed by atoms with Gasteiger partial charge >= 0.3 is 0 Å². The second kappa shape index (κ2) is 11.9. The molecular formula is C22H33N5O2S. The molecule has 2 heterocycles. The summed E-state index contributed by atoms with van der Waals surface area (Å²) in [6.45, 7) is 7.08. The van der Waals surface area contributed by atoms with E-state index in [-0.39, 0.29) is 6.04 Å². The fourth-order valence-electron chi connectivity index (χ4n) is 3.55. The van der Waals surface area contributed by atoms with Gasteiger partial charge in [0.25, 0.3) is 0 Å². The van der Waals surface area contributed by atoms with Gasteiger partial charge in [-0.3, -0.25) is 9.89 Å². The molecule has 1 saturated heterocycles. The summed E-state index contributed by atoms with van der Waals surface area (Å²) in [6, 6.07) is 8.59. The number of guanidine groups is 1. The maximum absolute atomic E-state index is 5.55. The van der Waals surface area contributed by atoms with Crippen LogP contribution < -0.4 is 15.4 Å². The molecular weight excluding hydrogens is 398 g/mol. The third kappa shape index (κ3) is 6.68. The number of hydrogen-bond acceptors (Lipinski definition) is 6. The number of benzene rings is 1. The number of thiazole rings is 1. The van der Waals surface area contributed by atoms with Gasteiger partial charge in [-0.1, -0.05) is 12.1 Å². The highest BCUT2D eigenvalue weighted by atomic mass is 32.1. The van der Waals surface area contributed by atoms with Gasteiger partial charge in [-0.15, -0.1) is 11.3 Å². The number of ether oxygens (including phenoxy) is 2. The summed E-state index contributed by atoms with van der Waals surface area (Å²) in [6.07, 6.45) is 2.02. The SMILES string of the molecule is CN=C(NCCCc1nc(C)cs1)NCC(c1ccc(OC)cc1)N1CCOCC1. The zero-order valence-corrected chi connectivity index (χ0v) is 19.0. The molecule has 0 aliphatic carbocycles. The fourth-order valence-corrected chi connectivity index (χ4v) is 4.37. The van der Waals surface area contributed by atoms with E-state index >= 15 is 0 Å². The molecule has 2 aromatic rings. The Balaban J connectivity index is 1.53. The van der Waals surface area contributed by atoms with Gasteiger partial charge in [0.05, 0.1) is 31.4 Å². The number of rotatable bonds is 9. The summed E-state index contributed by atoms with van der Waals surface area (Å²) < 4.78 is 10.9. The molecule has 1 unspecified atom stereocenters. The zero-order valence-electron chi connectivity index (χ0n) is 18.2. The summed E-state index contributed by atoms with van der Waals surface area (Å²) in [5.74, 6) is 1.71. The summed E-state index contributed by atoms with van der Waals surface area (Å²) in [7, 11) is 3.51. The topological polar surface area (TPSA) is 71.0 Å². The Kier molecular flexibility index (Phi) is 8.92. The van der Waals surface area contributed by atoms with Crippen LogP contribution in [0.5, 0.6) is 5.75 Å². The minimum Gasteiger partial charge on any atom is -0.497 e. The first-order valence-electron chi connectivity index (χ1n) is 10.5. The molecule has 164 valence electrons. The largest absolute Gasteiger partial charge is 0.497 e. The number of morpholine rings is 1. The van der Waals surface area contributed by atoms with Crippen LogP contribution in [0.1, 0.15) is 28.7 Å². The summed E-state index contributed by atoms with van der Waals surface area (Å²) in [5.41, 5.74) is 2.37. The lowest BCUT2D eigenvalue weighted by Crippen LogP contribution is -2.46. The van der Waals surface area contributed by atoms with Gasteiger partial charge in [-0.2, -0.15) is 0 Å². The van der Waals surface area contributed by atoms with Crippen LogP contribution in [0.2, 0.25) is 0 Å². The van der Waals surface area contributed by atoms with E-state index in [4.69, 9.17) is 9.47 Å². The Morgan fingerprint density at radius 3 is 2.67 bits per heavy atom. The molecule has 3 rings (SSSR count). The molecule has 1 atom stereocenters. The van der Waals surface area contributed by atoms with Crippen molar-refractivity contribution in [3.8, 4) is 5.75 Å². The quantitative estimate of drug-likeness (QED) is 0.361. The average molecular weight is 432 g/mol. The Hall–Kier alpha value is -2.16. The van der Waals surface area contributed by atoms with Gasteiger partial charge in [-0.25, -0.2) is 4.98 Å².